The molecule has 0 bridgehead atoms. The van der Waals surface area contributed by atoms with Crippen molar-refractivity contribution in [3.05, 3.63) is 0 Å². The van der Waals surface area contributed by atoms with Crippen molar-refractivity contribution in [3.8, 4) is 0 Å². The molecule has 1 nitrogen and oxygen atoms in total. The molecule has 0 aromatic carbocycles. The summed E-state index contributed by atoms with van der Waals surface area (Å²) in [5, 5.41) is 8.07. The van der Waals surface area contributed by atoms with Crippen molar-refractivity contribution in [2.45, 2.75) is 19.8 Å². The van der Waals surface area contributed by atoms with Crippen LogP contribution in [0.25, 0.3) is 0 Å². The fourth-order valence-electron chi connectivity index (χ4n) is 0.158. The second-order valence-corrected chi connectivity index (χ2v) is 1.08. The summed E-state index contributed by atoms with van der Waals surface area (Å²) in [6.07, 6.45) is 2.04. The lowest BCUT2D eigenvalue weighted by atomic mass is 10.4. The Kier molecular flexibility index (Phi) is 25.2. The maximum Gasteiger partial charge on any atom is 1.49 e. The molecule has 0 atom stereocenters. The second-order valence-electron chi connectivity index (χ2n) is 1.08. The van der Waals surface area contributed by atoms with Gasteiger partial charge in [-0.15, -0.1) is 0 Å². The molecular weight excluding hydrogens is 215 g/mol. The summed E-state index contributed by atoms with van der Waals surface area (Å²) in [6.45, 7) is 2.40. The predicted molar refractivity (Wildman–Crippen MR) is 41.8 cm³/mol. The van der Waals surface area contributed by atoms with Gasteiger partial charge in [-0.1, -0.05) is 13.3 Å². The van der Waals surface area contributed by atoms with E-state index in [0.717, 1.165) is 12.8 Å². The van der Waals surface area contributed by atoms with E-state index in [9.17, 15) is 0 Å². The van der Waals surface area contributed by atoms with Crippen LogP contribution in [0.3, 0.4) is 0 Å². The molecule has 1 N–H and O–H groups in total. The first-order chi connectivity index (χ1) is 3.41. The van der Waals surface area contributed by atoms with E-state index in [1.807, 2.05) is 17.8 Å². The molecule has 39 valence electrons. The molecule has 3 heteroatoms. The molecule has 0 saturated heterocycles. The van der Waals surface area contributed by atoms with Crippen molar-refractivity contribution in [3.63, 3.8) is 0 Å². The van der Waals surface area contributed by atoms with Crippen LogP contribution in [0.5, 0.6) is 0 Å². The topological polar surface area (TPSA) is 20.2 Å². The largest absolute Gasteiger partial charge is 1.49 e. The zero-order chi connectivity index (χ0) is 6.12. The van der Waals surface area contributed by atoms with Crippen LogP contribution in [0.15, 0.2) is 0 Å². The fraction of sp³-hybridized carbons (Fsp3) is 1.00. The number of unbranched alkanes of at least 4 members (excludes halogenated alkanes) is 1. The van der Waals surface area contributed by atoms with Gasteiger partial charge in [0.2, 0.25) is 0 Å². The maximum atomic E-state index is 8.07. The lowest BCUT2D eigenvalue weighted by Crippen LogP contribution is -1.75. The molecule has 0 rings (SSSR count). The van der Waals surface area contributed by atoms with Gasteiger partial charge in [0.15, 0.2) is 0 Å². The minimum Gasteiger partial charge on any atom is -0.396 e. The molecule has 0 aliphatic rings. The van der Waals surface area contributed by atoms with Gasteiger partial charge < -0.3 is 5.11 Å². The number of rotatable bonds is 2. The van der Waals surface area contributed by atoms with Crippen LogP contribution in [0.4, 0.5) is 0 Å². The van der Waals surface area contributed by atoms with E-state index in [0.29, 0.717) is 6.61 Å². The van der Waals surface area contributed by atoms with Crippen LogP contribution in [0.1, 0.15) is 19.8 Å². The quantitative estimate of drug-likeness (QED) is 0.554. The third-order valence-electron chi connectivity index (χ3n) is 0.512. The summed E-state index contributed by atoms with van der Waals surface area (Å²) in [4.78, 5) is 0. The first kappa shape index (κ1) is 11.3. The molecule has 0 heterocycles. The maximum absolute atomic E-state index is 8.07. The van der Waals surface area contributed by atoms with Gasteiger partial charge in [0.05, 0.1) is 0 Å². The summed E-state index contributed by atoms with van der Waals surface area (Å²) in [5.74, 6) is 0. The summed E-state index contributed by atoms with van der Waals surface area (Å²) < 4.78 is 0. The molecule has 0 aliphatic heterocycles. The van der Waals surface area contributed by atoms with Gasteiger partial charge in [0.25, 0.3) is 0 Å². The van der Waals surface area contributed by atoms with Crippen molar-refractivity contribution < 1.29 is 5.11 Å². The summed E-state index contributed by atoms with van der Waals surface area (Å²) in [7, 11) is 0. The standard InChI is InChI=1S/C4H10O.HI.Mg/c1-2-3-4-5;;/h5H,2-4H2,1H3;1H;/q;;+3/p-1. The Morgan fingerprint density at radius 1 is 1.57 bits per heavy atom. The van der Waals surface area contributed by atoms with E-state index < -0.39 is 0 Å². The summed E-state index contributed by atoms with van der Waals surface area (Å²) in [6, 6.07) is 0. The molecule has 0 amide bonds. The van der Waals surface area contributed by atoms with Gasteiger partial charge in [0, 0.05) is 6.61 Å². The first-order valence-electron chi connectivity index (χ1n) is 2.29. The molecule has 7 radical (unpaired) electrons. The highest BCUT2D eigenvalue weighted by Crippen LogP contribution is 1.78. The fourth-order valence-corrected chi connectivity index (χ4v) is 0.158. The van der Waals surface area contributed by atoms with Crippen molar-refractivity contribution in [1.82, 2.24) is 0 Å². The Labute approximate surface area is 67.7 Å². The molecule has 0 unspecified atom stereocenters. The average molecular weight is 225 g/mol. The van der Waals surface area contributed by atoms with Gasteiger partial charge in [-0.25, -0.2) is 0 Å². The van der Waals surface area contributed by atoms with Crippen LogP contribution in [0.2, 0.25) is 0 Å². The van der Waals surface area contributed by atoms with Crippen LogP contribution in [-0.2, 0) is 0 Å². The zero-order valence-electron chi connectivity index (χ0n) is 4.65. The smallest absolute Gasteiger partial charge is 0.396 e. The van der Waals surface area contributed by atoms with E-state index in [1.54, 1.807) is 0 Å². The van der Waals surface area contributed by atoms with E-state index in [-0.39, 0.29) is 0 Å². The Hall–Kier alpha value is 1.46. The van der Waals surface area contributed by atoms with Gasteiger partial charge in [-0.05, 0) is 6.42 Å². The third-order valence-corrected chi connectivity index (χ3v) is 0.512. The Balaban J connectivity index is 0. The zero-order valence-corrected chi connectivity index (χ0v) is 8.23. The Bertz CT molecular complexity index is 19.2. The highest BCUT2D eigenvalue weighted by molar-refractivity contribution is 14.1. The van der Waals surface area contributed by atoms with E-state index in [4.69, 9.17) is 5.11 Å². The van der Waals surface area contributed by atoms with Gasteiger partial charge >= 0.3 is 36.7 Å². The normalized spacial score (nSPS) is 6.86. The van der Waals surface area contributed by atoms with Crippen molar-refractivity contribution in [1.29, 1.82) is 0 Å². The van der Waals surface area contributed by atoms with Crippen molar-refractivity contribution in [2.75, 3.05) is 6.61 Å². The van der Waals surface area contributed by atoms with E-state index >= 15 is 0 Å². The molecule has 7 heavy (non-hydrogen) atoms. The summed E-state index contributed by atoms with van der Waals surface area (Å²) >= 11 is 4.01. The monoisotopic (exact) mass is 225 g/mol. The lowest BCUT2D eigenvalue weighted by Gasteiger charge is -1.79. The number of aliphatic hydroxyl groups is 1. The van der Waals surface area contributed by atoms with Gasteiger partial charge in [-0.3, -0.25) is 0 Å². The number of aliphatic hydroxyl groups excluding tert-OH is 1. The van der Waals surface area contributed by atoms with E-state index in [2.05, 4.69) is 25.8 Å². The number of halogens is 1. The third kappa shape index (κ3) is 18.6. The highest BCUT2D eigenvalue weighted by Gasteiger charge is 2.12. The average Bonchev–Trinajstić information content (AvgIpc) is 1.75. The first-order valence-corrected chi connectivity index (χ1v) is 7.40. The van der Waals surface area contributed by atoms with Gasteiger partial charge in [0.1, 0.15) is 0 Å². The second kappa shape index (κ2) is 15.7. The van der Waals surface area contributed by atoms with Crippen molar-refractivity contribution >= 4 is 36.7 Å². The molecule has 0 aliphatic carbocycles. The molecule has 0 aromatic heterocycles. The SMILES string of the molecule is CCCCO.[Mg+2][I]. The van der Waals surface area contributed by atoms with Gasteiger partial charge in [-0.2, -0.15) is 0 Å². The molecule has 0 saturated carbocycles. The van der Waals surface area contributed by atoms with Crippen molar-refractivity contribution in [2.24, 2.45) is 0 Å². The summed E-state index contributed by atoms with van der Waals surface area (Å²) in [5.41, 5.74) is 0. The molecule has 0 aromatic rings. The van der Waals surface area contributed by atoms with Crippen LogP contribution < -0.4 is 0 Å². The number of hydrogen-bond donors (Lipinski definition) is 1. The van der Waals surface area contributed by atoms with Crippen LogP contribution in [0, 0.1) is 0 Å². The van der Waals surface area contributed by atoms with Crippen LogP contribution >= 0.6 is 18.9 Å². The predicted octanol–water partition coefficient (Wildman–Crippen LogP) is 1.28. The minimum atomic E-state index is 0.344. The lowest BCUT2D eigenvalue weighted by molar-refractivity contribution is 0.287. The molecular formula is C4H10IMgO+2. The van der Waals surface area contributed by atoms with Crippen LogP contribution in [-0.4, -0.2) is 29.5 Å². The Morgan fingerprint density at radius 3 is 2.00 bits per heavy atom. The minimum absolute atomic E-state index is 0.344. The number of hydrogen-bond acceptors (Lipinski definition) is 1. The Morgan fingerprint density at radius 2 is 2.00 bits per heavy atom. The molecule has 0 fully saturated rings. The highest BCUT2D eigenvalue weighted by atomic mass is 127. The van der Waals surface area contributed by atoms with E-state index in [1.165, 1.54) is 0 Å². The molecule has 0 spiro atoms.